The lowest BCUT2D eigenvalue weighted by atomic mass is 9.91. The van der Waals surface area contributed by atoms with Crippen molar-refractivity contribution in [3.63, 3.8) is 0 Å². The Bertz CT molecular complexity index is 673. The van der Waals surface area contributed by atoms with Crippen LogP contribution in [0.4, 0.5) is 5.69 Å². The summed E-state index contributed by atoms with van der Waals surface area (Å²) in [5.41, 5.74) is 2.29. The highest BCUT2D eigenvalue weighted by atomic mass is 16.2. The van der Waals surface area contributed by atoms with Crippen molar-refractivity contribution in [2.75, 3.05) is 18.1 Å². The van der Waals surface area contributed by atoms with Gasteiger partial charge in [0.05, 0.1) is 5.69 Å². The highest BCUT2D eigenvalue weighted by molar-refractivity contribution is 6.40. The fraction of sp³-hybridized carbons (Fsp3) is 0.526. The van der Waals surface area contributed by atoms with E-state index < -0.39 is 0 Å². The molecule has 5 heteroatoms. The summed E-state index contributed by atoms with van der Waals surface area (Å²) in [6.07, 6.45) is 1.92. The maximum Gasteiger partial charge on any atom is 0.270 e. The van der Waals surface area contributed by atoms with Crippen molar-refractivity contribution in [3.05, 3.63) is 29.8 Å². The number of likely N-dealkylation sites (tertiary alicyclic amines) is 1. The number of piperidine rings is 1. The average molecular weight is 327 g/mol. The second-order valence-corrected chi connectivity index (χ2v) is 7.25. The van der Waals surface area contributed by atoms with Crippen LogP contribution in [0.15, 0.2) is 29.4 Å². The first kappa shape index (κ1) is 16.7. The lowest BCUT2D eigenvalue weighted by Gasteiger charge is -2.36. The topological polar surface area (TPSA) is 53.0 Å². The van der Waals surface area contributed by atoms with E-state index >= 15 is 0 Å². The first-order valence-corrected chi connectivity index (χ1v) is 8.70. The molecule has 0 spiro atoms. The monoisotopic (exact) mass is 327 g/mol. The van der Waals surface area contributed by atoms with E-state index in [1.807, 2.05) is 36.1 Å². The van der Waals surface area contributed by atoms with Gasteiger partial charge >= 0.3 is 0 Å². The van der Waals surface area contributed by atoms with Gasteiger partial charge in [0.15, 0.2) is 0 Å². The largest absolute Gasteiger partial charge is 0.337 e. The molecule has 0 aliphatic carbocycles. The quantitative estimate of drug-likeness (QED) is 0.838. The van der Waals surface area contributed by atoms with Crippen LogP contribution in [-0.4, -0.2) is 35.5 Å². The van der Waals surface area contributed by atoms with Gasteiger partial charge in [0.25, 0.3) is 5.91 Å². The average Bonchev–Trinajstić information content (AvgIpc) is 2.53. The van der Waals surface area contributed by atoms with Crippen molar-refractivity contribution < 1.29 is 9.59 Å². The Kier molecular flexibility index (Phi) is 4.69. The van der Waals surface area contributed by atoms with Crippen molar-refractivity contribution in [1.82, 2.24) is 4.90 Å². The molecular weight excluding hydrogens is 302 g/mol. The molecule has 24 heavy (non-hydrogen) atoms. The van der Waals surface area contributed by atoms with Crippen LogP contribution in [0.1, 0.15) is 38.7 Å². The number of aryl methyl sites for hydroxylation is 1. The number of carbonyl (C=O) groups is 2. The zero-order valence-electron chi connectivity index (χ0n) is 14.7. The van der Waals surface area contributed by atoms with Gasteiger partial charge < -0.3 is 4.90 Å². The van der Waals surface area contributed by atoms with Crippen molar-refractivity contribution in [2.45, 2.75) is 40.0 Å². The van der Waals surface area contributed by atoms with E-state index in [4.69, 9.17) is 0 Å². The lowest BCUT2D eigenvalue weighted by molar-refractivity contribution is -0.126. The molecule has 0 radical (unpaired) electrons. The molecule has 2 aliphatic rings. The number of rotatable bonds is 2. The Morgan fingerprint density at radius 2 is 1.88 bits per heavy atom. The zero-order chi connectivity index (χ0) is 17.3. The molecule has 2 heterocycles. The number of benzene rings is 1. The fourth-order valence-corrected chi connectivity index (χ4v) is 3.68. The summed E-state index contributed by atoms with van der Waals surface area (Å²) in [5, 5.41) is 5.80. The summed E-state index contributed by atoms with van der Waals surface area (Å²) in [4.78, 5) is 27.0. The molecule has 2 amide bonds. The van der Waals surface area contributed by atoms with E-state index in [1.165, 1.54) is 5.01 Å². The first-order chi connectivity index (χ1) is 11.4. The number of hydrazone groups is 1. The van der Waals surface area contributed by atoms with E-state index in [0.717, 1.165) is 30.8 Å². The van der Waals surface area contributed by atoms with Crippen LogP contribution in [-0.2, 0) is 9.59 Å². The number of anilines is 1. The maximum absolute atomic E-state index is 12.9. The molecule has 2 atom stereocenters. The fourth-order valence-electron chi connectivity index (χ4n) is 3.68. The van der Waals surface area contributed by atoms with Crippen LogP contribution < -0.4 is 5.01 Å². The van der Waals surface area contributed by atoms with Gasteiger partial charge in [-0.1, -0.05) is 26.0 Å². The number of hydrogen-bond acceptors (Lipinski definition) is 3. The Labute approximate surface area is 143 Å². The van der Waals surface area contributed by atoms with Gasteiger partial charge in [-0.15, -0.1) is 0 Å². The normalized spacial score (nSPS) is 24.8. The third-order valence-electron chi connectivity index (χ3n) is 4.68. The van der Waals surface area contributed by atoms with Crippen molar-refractivity contribution >= 4 is 23.2 Å². The summed E-state index contributed by atoms with van der Waals surface area (Å²) in [5.74, 6) is 0.948. The van der Waals surface area contributed by atoms with Crippen LogP contribution in [0.5, 0.6) is 0 Å². The van der Waals surface area contributed by atoms with Crippen molar-refractivity contribution in [3.8, 4) is 0 Å². The number of carbonyl (C=O) groups excluding carboxylic acids is 2. The van der Waals surface area contributed by atoms with Gasteiger partial charge in [-0.2, -0.15) is 5.10 Å². The third kappa shape index (κ3) is 3.50. The standard InChI is InChI=1S/C19H25N3O2/c1-13-5-4-6-16(10-13)22-18(23)8-7-17(20-22)19(24)21-11-14(2)9-15(3)12-21/h4-6,10,14-15H,7-9,11-12H2,1-3H3/t14-,15-/m0/s1. The molecule has 1 aromatic carbocycles. The van der Waals surface area contributed by atoms with E-state index in [9.17, 15) is 9.59 Å². The zero-order valence-corrected chi connectivity index (χ0v) is 14.7. The van der Waals surface area contributed by atoms with Gasteiger partial charge in [0, 0.05) is 25.9 Å². The molecule has 5 nitrogen and oxygen atoms in total. The van der Waals surface area contributed by atoms with E-state index in [0.29, 0.717) is 30.4 Å². The summed E-state index contributed by atoms with van der Waals surface area (Å²) in [6, 6.07) is 7.65. The van der Waals surface area contributed by atoms with Crippen molar-refractivity contribution in [1.29, 1.82) is 0 Å². The Morgan fingerprint density at radius 1 is 1.17 bits per heavy atom. The predicted octanol–water partition coefficient (Wildman–Crippen LogP) is 2.98. The van der Waals surface area contributed by atoms with Crippen LogP contribution in [0, 0.1) is 18.8 Å². The van der Waals surface area contributed by atoms with E-state index in [1.54, 1.807) is 0 Å². The molecular formula is C19H25N3O2. The van der Waals surface area contributed by atoms with Crippen LogP contribution in [0.25, 0.3) is 0 Å². The lowest BCUT2D eigenvalue weighted by Crippen LogP contribution is -2.47. The van der Waals surface area contributed by atoms with Crippen LogP contribution in [0.2, 0.25) is 0 Å². The minimum absolute atomic E-state index is 0.0152. The molecule has 3 rings (SSSR count). The Balaban J connectivity index is 1.83. The van der Waals surface area contributed by atoms with Crippen LogP contribution >= 0.6 is 0 Å². The number of amides is 2. The minimum Gasteiger partial charge on any atom is -0.337 e. The number of nitrogens with zero attached hydrogens (tertiary/aromatic N) is 3. The summed E-state index contributed by atoms with van der Waals surface area (Å²) >= 11 is 0. The molecule has 0 bridgehead atoms. The molecule has 0 unspecified atom stereocenters. The molecule has 1 saturated heterocycles. The minimum atomic E-state index is -0.0578. The Hall–Kier alpha value is -2.17. The van der Waals surface area contributed by atoms with Gasteiger partial charge in [0.2, 0.25) is 5.91 Å². The van der Waals surface area contributed by atoms with Crippen LogP contribution in [0.3, 0.4) is 0 Å². The Morgan fingerprint density at radius 3 is 2.54 bits per heavy atom. The molecule has 1 aromatic rings. The molecule has 128 valence electrons. The van der Waals surface area contributed by atoms with Crippen molar-refractivity contribution in [2.24, 2.45) is 16.9 Å². The highest BCUT2D eigenvalue weighted by Gasteiger charge is 2.31. The van der Waals surface area contributed by atoms with Gasteiger partial charge in [0.1, 0.15) is 5.71 Å². The van der Waals surface area contributed by atoms with E-state index in [2.05, 4.69) is 18.9 Å². The second-order valence-electron chi connectivity index (χ2n) is 7.25. The molecule has 0 N–H and O–H groups in total. The smallest absolute Gasteiger partial charge is 0.270 e. The number of hydrogen-bond donors (Lipinski definition) is 0. The molecule has 1 fully saturated rings. The van der Waals surface area contributed by atoms with E-state index in [-0.39, 0.29) is 11.8 Å². The SMILES string of the molecule is Cc1cccc(N2N=C(C(=O)N3C[C@@H](C)C[C@H](C)C3)CCC2=O)c1. The second kappa shape index (κ2) is 6.75. The summed E-state index contributed by atoms with van der Waals surface area (Å²) in [7, 11) is 0. The molecule has 0 saturated carbocycles. The third-order valence-corrected chi connectivity index (χ3v) is 4.68. The maximum atomic E-state index is 12.9. The molecule has 2 aliphatic heterocycles. The van der Waals surface area contributed by atoms with Gasteiger partial charge in [-0.3, -0.25) is 9.59 Å². The summed E-state index contributed by atoms with van der Waals surface area (Å²) in [6.45, 7) is 7.90. The molecule has 0 aromatic heterocycles. The highest BCUT2D eigenvalue weighted by Crippen LogP contribution is 2.24. The predicted molar refractivity (Wildman–Crippen MR) is 94.9 cm³/mol. The van der Waals surface area contributed by atoms with Gasteiger partial charge in [-0.25, -0.2) is 5.01 Å². The summed E-state index contributed by atoms with van der Waals surface area (Å²) < 4.78 is 0. The first-order valence-electron chi connectivity index (χ1n) is 8.70. The van der Waals surface area contributed by atoms with Gasteiger partial charge in [-0.05, 0) is 42.9 Å².